The Morgan fingerprint density at radius 1 is 1.09 bits per heavy atom. The highest BCUT2D eigenvalue weighted by Gasteiger charge is 2.36. The Kier molecular flexibility index (Phi) is 9.03. The summed E-state index contributed by atoms with van der Waals surface area (Å²) in [6.45, 7) is 7.04. The molecule has 6 heteroatoms. The highest BCUT2D eigenvalue weighted by Crippen LogP contribution is 2.26. The van der Waals surface area contributed by atoms with Gasteiger partial charge in [-0.3, -0.25) is 9.80 Å². The van der Waals surface area contributed by atoms with Gasteiger partial charge in [-0.15, -0.1) is 12.6 Å². The van der Waals surface area contributed by atoms with Crippen molar-refractivity contribution in [2.75, 3.05) is 13.1 Å². The molecule has 0 saturated carbocycles. The smallest absolute Gasteiger partial charge is 0.326 e. The van der Waals surface area contributed by atoms with Crippen LogP contribution in [0.4, 0.5) is 4.79 Å². The zero-order valence-corrected chi connectivity index (χ0v) is 20.7. The third-order valence-electron chi connectivity index (χ3n) is 6.02. The van der Waals surface area contributed by atoms with Gasteiger partial charge < -0.3 is 10.4 Å². The predicted molar refractivity (Wildman–Crippen MR) is 137 cm³/mol. The molecule has 2 aromatic rings. The summed E-state index contributed by atoms with van der Waals surface area (Å²) >= 11 is 4.35. The number of allylic oxidation sites excluding steroid dienone is 3. The van der Waals surface area contributed by atoms with E-state index in [4.69, 9.17) is 0 Å². The Morgan fingerprint density at radius 3 is 2.42 bits per heavy atom. The molecular formula is C27H35N3O2S. The number of unbranched alkanes of at least 4 members (excludes halogenated alkanes) is 1. The number of hydrogen-bond donors (Lipinski definition) is 3. The number of carbonyl (C=O) groups is 1. The molecule has 0 aromatic heterocycles. The Hall–Kier alpha value is -2.70. The normalized spacial score (nSPS) is 17.1. The molecule has 33 heavy (non-hydrogen) atoms. The average Bonchev–Trinajstić information content (AvgIpc) is 2.82. The second kappa shape index (κ2) is 12.0. The Balaban J connectivity index is 1.84. The van der Waals surface area contributed by atoms with Crippen molar-refractivity contribution >= 4 is 18.7 Å². The average molecular weight is 466 g/mol. The van der Waals surface area contributed by atoms with Crippen molar-refractivity contribution in [1.82, 2.24) is 15.1 Å². The van der Waals surface area contributed by atoms with E-state index in [0.29, 0.717) is 18.8 Å². The Bertz CT molecular complexity index is 986. The first kappa shape index (κ1) is 24.9. The number of amides is 2. The second-order valence-corrected chi connectivity index (χ2v) is 8.89. The number of aliphatic hydroxyl groups is 1. The van der Waals surface area contributed by atoms with Gasteiger partial charge in [-0.2, -0.15) is 0 Å². The molecule has 3 rings (SSSR count). The van der Waals surface area contributed by atoms with E-state index in [0.717, 1.165) is 47.5 Å². The molecule has 1 aliphatic rings. The number of thiol groups is 1. The van der Waals surface area contributed by atoms with E-state index in [9.17, 15) is 9.90 Å². The highest BCUT2D eigenvalue weighted by molar-refractivity contribution is 7.80. The zero-order valence-electron chi connectivity index (χ0n) is 19.8. The van der Waals surface area contributed by atoms with E-state index in [1.807, 2.05) is 62.4 Å². The van der Waals surface area contributed by atoms with Crippen molar-refractivity contribution in [2.45, 2.75) is 57.6 Å². The van der Waals surface area contributed by atoms with Crippen LogP contribution in [0.3, 0.4) is 0 Å². The van der Waals surface area contributed by atoms with Crippen LogP contribution in [0.15, 0.2) is 82.7 Å². The lowest BCUT2D eigenvalue weighted by Crippen LogP contribution is -2.56. The molecule has 2 aromatic carbocycles. The third kappa shape index (κ3) is 6.42. The summed E-state index contributed by atoms with van der Waals surface area (Å²) in [5, 5.41) is 14.6. The lowest BCUT2D eigenvalue weighted by Gasteiger charge is -2.41. The van der Waals surface area contributed by atoms with Gasteiger partial charge in [0.25, 0.3) is 0 Å². The third-order valence-corrected chi connectivity index (χ3v) is 6.32. The molecule has 1 unspecified atom stereocenters. The number of nitrogens with zero attached hydrogens (tertiary/aromatic N) is 2. The maximum absolute atomic E-state index is 13.3. The van der Waals surface area contributed by atoms with Crippen molar-refractivity contribution in [3.8, 4) is 0 Å². The fraction of sp³-hybridized carbons (Fsp3) is 0.370. The number of rotatable bonds is 10. The van der Waals surface area contributed by atoms with Crippen LogP contribution < -0.4 is 5.32 Å². The van der Waals surface area contributed by atoms with E-state index in [1.165, 1.54) is 5.56 Å². The molecule has 176 valence electrons. The lowest BCUT2D eigenvalue weighted by molar-refractivity contribution is 0.0276. The molecule has 1 heterocycles. The molecular weight excluding hydrogens is 430 g/mol. The summed E-state index contributed by atoms with van der Waals surface area (Å²) in [5.41, 5.74) is 4.75. The topological polar surface area (TPSA) is 55.8 Å². The van der Waals surface area contributed by atoms with Crippen LogP contribution in [0.5, 0.6) is 0 Å². The van der Waals surface area contributed by atoms with Crippen LogP contribution in [0.25, 0.3) is 0 Å². The summed E-state index contributed by atoms with van der Waals surface area (Å²) < 4.78 is 0. The minimum atomic E-state index is -0.991. The van der Waals surface area contributed by atoms with Crippen molar-refractivity contribution in [3.63, 3.8) is 0 Å². The second-order valence-electron chi connectivity index (χ2n) is 8.37. The molecule has 0 radical (unpaired) electrons. The molecule has 0 bridgehead atoms. The Morgan fingerprint density at radius 2 is 1.79 bits per heavy atom. The number of nitrogens with one attached hydrogen (secondary N) is 1. The van der Waals surface area contributed by atoms with E-state index in [1.54, 1.807) is 9.80 Å². The standard InChI is InChI=1S/C27H35N3O2S/c1-4-6-17-30-26(31)25(28-23(5-2)19-22-10-8-7-9-11-22)20(3)29(27(30)32)18-16-21-12-14-24(33)15-13-21/h5,7-15,26,28,31,33H,4,6,16-19H2,1-3H3/b23-5-. The van der Waals surface area contributed by atoms with Crippen LogP contribution in [-0.4, -0.2) is 40.3 Å². The fourth-order valence-electron chi connectivity index (χ4n) is 3.97. The van der Waals surface area contributed by atoms with Crippen molar-refractivity contribution in [3.05, 3.63) is 88.9 Å². The molecule has 1 aliphatic heterocycles. The van der Waals surface area contributed by atoms with Gasteiger partial charge in [0.05, 0.1) is 5.70 Å². The van der Waals surface area contributed by atoms with Gasteiger partial charge in [-0.25, -0.2) is 4.79 Å². The summed E-state index contributed by atoms with van der Waals surface area (Å²) in [7, 11) is 0. The number of aliphatic hydroxyl groups excluding tert-OH is 1. The van der Waals surface area contributed by atoms with Crippen LogP contribution in [0, 0.1) is 0 Å². The number of benzene rings is 2. The molecule has 0 spiro atoms. The largest absolute Gasteiger partial charge is 0.368 e. The van der Waals surface area contributed by atoms with E-state index >= 15 is 0 Å². The first-order valence-corrected chi connectivity index (χ1v) is 12.1. The summed E-state index contributed by atoms with van der Waals surface area (Å²) in [6, 6.07) is 18.1. The van der Waals surface area contributed by atoms with Crippen molar-refractivity contribution in [1.29, 1.82) is 0 Å². The quantitative estimate of drug-likeness (QED) is 0.415. The molecule has 1 atom stereocenters. The summed E-state index contributed by atoms with van der Waals surface area (Å²) in [5.74, 6) is 0. The lowest BCUT2D eigenvalue weighted by atomic mass is 10.1. The first-order chi connectivity index (χ1) is 15.9. The maximum Gasteiger partial charge on any atom is 0.326 e. The van der Waals surface area contributed by atoms with Gasteiger partial charge >= 0.3 is 6.03 Å². The number of hydrogen-bond acceptors (Lipinski definition) is 4. The minimum absolute atomic E-state index is 0.144. The van der Waals surface area contributed by atoms with Gasteiger partial charge in [0.15, 0.2) is 6.23 Å². The number of carbonyl (C=O) groups excluding carboxylic acids is 1. The van der Waals surface area contributed by atoms with E-state index in [-0.39, 0.29) is 6.03 Å². The predicted octanol–water partition coefficient (Wildman–Crippen LogP) is 5.34. The van der Waals surface area contributed by atoms with Gasteiger partial charge in [0, 0.05) is 35.8 Å². The van der Waals surface area contributed by atoms with Crippen LogP contribution in [0.1, 0.15) is 44.7 Å². The summed E-state index contributed by atoms with van der Waals surface area (Å²) in [6.07, 6.45) is 4.27. The monoisotopic (exact) mass is 465 g/mol. The van der Waals surface area contributed by atoms with E-state index in [2.05, 4.69) is 37.0 Å². The molecule has 2 N–H and O–H groups in total. The van der Waals surface area contributed by atoms with Gasteiger partial charge in [-0.05, 0) is 49.9 Å². The maximum atomic E-state index is 13.3. The molecule has 0 aliphatic carbocycles. The zero-order chi connectivity index (χ0) is 23.8. The van der Waals surface area contributed by atoms with Crippen molar-refractivity contribution < 1.29 is 9.90 Å². The van der Waals surface area contributed by atoms with Crippen LogP contribution >= 0.6 is 12.6 Å². The minimum Gasteiger partial charge on any atom is -0.368 e. The Labute approximate surface area is 203 Å². The van der Waals surface area contributed by atoms with Gasteiger partial charge in [0.2, 0.25) is 0 Å². The molecule has 2 amide bonds. The molecule has 5 nitrogen and oxygen atoms in total. The van der Waals surface area contributed by atoms with Crippen LogP contribution in [-0.2, 0) is 12.8 Å². The highest BCUT2D eigenvalue weighted by atomic mass is 32.1. The van der Waals surface area contributed by atoms with Gasteiger partial charge in [0.1, 0.15) is 0 Å². The first-order valence-electron chi connectivity index (χ1n) is 11.7. The van der Waals surface area contributed by atoms with Crippen molar-refractivity contribution in [2.24, 2.45) is 0 Å². The molecule has 0 fully saturated rings. The SMILES string of the molecule is C/C=C(/Cc1ccccc1)NC1=C(C)N(CCc2ccc(S)cc2)C(=O)N(CCCC)C1O. The number of urea groups is 1. The van der Waals surface area contributed by atoms with Gasteiger partial charge in [-0.1, -0.05) is 61.9 Å². The molecule has 0 saturated heterocycles. The van der Waals surface area contributed by atoms with E-state index < -0.39 is 6.23 Å². The summed E-state index contributed by atoms with van der Waals surface area (Å²) in [4.78, 5) is 17.6. The fourth-order valence-corrected chi connectivity index (χ4v) is 4.12. The van der Waals surface area contributed by atoms with Crippen LogP contribution in [0.2, 0.25) is 0 Å².